The third kappa shape index (κ3) is 3.31. The Morgan fingerprint density at radius 1 is 0.794 bits per heavy atom. The highest BCUT2D eigenvalue weighted by molar-refractivity contribution is 6.28. The molecule has 0 radical (unpaired) electrons. The van der Waals surface area contributed by atoms with Crippen LogP contribution >= 0.6 is 0 Å². The molecule has 166 valence electrons. The summed E-state index contributed by atoms with van der Waals surface area (Å²) in [6.45, 7) is 0. The lowest BCUT2D eigenvalue weighted by Gasteiger charge is -2.38. The molecule has 2 unspecified atom stereocenters. The summed E-state index contributed by atoms with van der Waals surface area (Å²) < 4.78 is 0. The number of hydrogen-bond acceptors (Lipinski definition) is 4. The maximum absolute atomic E-state index is 12.0. The average molecular weight is 446 g/mol. The van der Waals surface area contributed by atoms with E-state index in [1.54, 1.807) is 0 Å². The Kier molecular flexibility index (Phi) is 4.81. The summed E-state index contributed by atoms with van der Waals surface area (Å²) in [6.07, 6.45) is 9.29. The van der Waals surface area contributed by atoms with Gasteiger partial charge in [0.25, 0.3) is 11.8 Å². The maximum Gasteiger partial charge on any atom is 0.258 e. The van der Waals surface area contributed by atoms with Crippen LogP contribution in [0.2, 0.25) is 0 Å². The summed E-state index contributed by atoms with van der Waals surface area (Å²) in [5, 5.41) is 11.6. The average Bonchev–Trinajstić information content (AvgIpc) is 3.34. The van der Waals surface area contributed by atoms with Gasteiger partial charge in [-0.25, -0.2) is 4.90 Å². The number of carbonyl (C=O) groups excluding carboxylic acids is 2. The number of anilines is 2. The van der Waals surface area contributed by atoms with Crippen molar-refractivity contribution in [1.82, 2.24) is 0 Å². The normalized spacial score (nSPS) is 21.4. The number of amides is 2. The van der Waals surface area contributed by atoms with Gasteiger partial charge in [0, 0.05) is 35.3 Å². The summed E-state index contributed by atoms with van der Waals surface area (Å²) in [7, 11) is 0. The van der Waals surface area contributed by atoms with E-state index in [4.69, 9.17) is 0 Å². The van der Waals surface area contributed by atoms with Gasteiger partial charge in [-0.2, -0.15) is 5.26 Å². The summed E-state index contributed by atoms with van der Waals surface area (Å²) in [4.78, 5) is 27.7. The minimum absolute atomic E-state index is 0.291. The van der Waals surface area contributed by atoms with Crippen LogP contribution < -0.4 is 9.80 Å². The molecule has 3 aliphatic heterocycles. The topological polar surface area (TPSA) is 64.4 Å². The molecule has 3 aromatic carbocycles. The number of imide groups is 1. The molecule has 2 fully saturated rings. The van der Waals surface area contributed by atoms with Crippen LogP contribution in [0.3, 0.4) is 0 Å². The Labute approximate surface area is 198 Å². The largest absolute Gasteiger partial charge is 0.365 e. The molecule has 2 bridgehead atoms. The molecule has 0 N–H and O–H groups in total. The number of hydrogen-bond donors (Lipinski definition) is 0. The van der Waals surface area contributed by atoms with Crippen molar-refractivity contribution in [3.05, 3.63) is 89.5 Å². The first kappa shape index (κ1) is 20.4. The van der Waals surface area contributed by atoms with Crippen LogP contribution in [0.1, 0.15) is 36.8 Å². The first-order chi connectivity index (χ1) is 16.6. The third-order valence-corrected chi connectivity index (χ3v) is 7.27. The molecular weight excluding hydrogens is 422 g/mol. The molecular formula is C29H23N3O2. The highest BCUT2D eigenvalue weighted by Crippen LogP contribution is 2.42. The van der Waals surface area contributed by atoms with E-state index in [0.717, 1.165) is 42.1 Å². The minimum atomic E-state index is -0.291. The first-order valence-electron chi connectivity index (χ1n) is 11.7. The van der Waals surface area contributed by atoms with Crippen molar-refractivity contribution in [2.45, 2.75) is 37.8 Å². The maximum atomic E-state index is 12.0. The van der Waals surface area contributed by atoms with Gasteiger partial charge in [-0.3, -0.25) is 9.59 Å². The van der Waals surface area contributed by atoms with Crippen LogP contribution in [0.15, 0.2) is 78.4 Å². The van der Waals surface area contributed by atoms with Crippen LogP contribution in [0.5, 0.6) is 0 Å². The fourth-order valence-electron chi connectivity index (χ4n) is 5.78. The van der Waals surface area contributed by atoms with Gasteiger partial charge in [-0.05, 0) is 67.0 Å². The van der Waals surface area contributed by atoms with Crippen LogP contribution in [-0.4, -0.2) is 23.9 Å². The molecule has 0 spiro atoms. The fourth-order valence-corrected chi connectivity index (χ4v) is 5.78. The quantitative estimate of drug-likeness (QED) is 0.510. The van der Waals surface area contributed by atoms with E-state index in [-0.39, 0.29) is 11.8 Å². The predicted molar refractivity (Wildman–Crippen MR) is 133 cm³/mol. The van der Waals surface area contributed by atoms with E-state index in [1.165, 1.54) is 28.2 Å². The molecule has 3 aliphatic rings. The van der Waals surface area contributed by atoms with E-state index in [1.807, 2.05) is 48.5 Å². The molecule has 34 heavy (non-hydrogen) atoms. The zero-order valence-corrected chi connectivity index (χ0v) is 18.6. The molecule has 6 rings (SSSR count). The van der Waals surface area contributed by atoms with Gasteiger partial charge in [0.1, 0.15) is 0 Å². The van der Waals surface area contributed by atoms with Gasteiger partial charge in [0.15, 0.2) is 0 Å². The second-order valence-electron chi connectivity index (χ2n) is 9.22. The summed E-state index contributed by atoms with van der Waals surface area (Å²) in [6, 6.07) is 23.1. The monoisotopic (exact) mass is 445 g/mol. The standard InChI is InChI=1S/C29H23N3O2/c30-18-21-6-5-20(26-3-1-2-4-27(21)26)15-19-16-24-11-12-25(17-19)31(24)22-7-9-23(10-8-22)32-28(33)13-14-29(32)34/h1-10,13-15,24-25H,11-12,16-17H2. The summed E-state index contributed by atoms with van der Waals surface area (Å²) in [5.41, 5.74) is 5.10. The van der Waals surface area contributed by atoms with Crippen LogP contribution in [-0.2, 0) is 9.59 Å². The molecule has 3 heterocycles. The molecule has 2 atom stereocenters. The molecule has 0 aromatic heterocycles. The van der Waals surface area contributed by atoms with Gasteiger partial charge in [-0.15, -0.1) is 0 Å². The Morgan fingerprint density at radius 2 is 1.41 bits per heavy atom. The Balaban J connectivity index is 1.25. The fraction of sp³-hybridized carbons (Fsp3) is 0.207. The molecule has 0 aliphatic carbocycles. The van der Waals surface area contributed by atoms with Crippen molar-refractivity contribution in [2.24, 2.45) is 0 Å². The first-order valence-corrected chi connectivity index (χ1v) is 11.7. The van der Waals surface area contributed by atoms with Crippen molar-refractivity contribution < 1.29 is 9.59 Å². The number of benzene rings is 3. The van der Waals surface area contributed by atoms with Gasteiger partial charge >= 0.3 is 0 Å². The molecule has 2 amide bonds. The SMILES string of the molecule is N#Cc1ccc(C=C2CC3CCC(C2)N3c2ccc(N3C(=O)C=CC3=O)cc2)c2ccccc12. The Morgan fingerprint density at radius 3 is 2.06 bits per heavy atom. The number of nitriles is 1. The van der Waals surface area contributed by atoms with E-state index >= 15 is 0 Å². The van der Waals surface area contributed by atoms with Gasteiger partial charge in [0.2, 0.25) is 0 Å². The summed E-state index contributed by atoms with van der Waals surface area (Å²) in [5.74, 6) is -0.582. The van der Waals surface area contributed by atoms with Crippen LogP contribution in [0.25, 0.3) is 16.8 Å². The predicted octanol–water partition coefficient (Wildman–Crippen LogP) is 5.36. The molecule has 2 saturated heterocycles. The number of nitrogens with zero attached hydrogens (tertiary/aromatic N) is 3. The minimum Gasteiger partial charge on any atom is -0.365 e. The van der Waals surface area contributed by atoms with Crippen molar-refractivity contribution in [2.75, 3.05) is 9.80 Å². The molecule has 5 nitrogen and oxygen atoms in total. The van der Waals surface area contributed by atoms with Crippen molar-refractivity contribution in [3.8, 4) is 6.07 Å². The van der Waals surface area contributed by atoms with E-state index in [2.05, 4.69) is 29.2 Å². The molecule has 5 heteroatoms. The second-order valence-corrected chi connectivity index (χ2v) is 9.22. The van der Waals surface area contributed by atoms with Crippen molar-refractivity contribution in [3.63, 3.8) is 0 Å². The lowest BCUT2D eigenvalue weighted by molar-refractivity contribution is -0.119. The van der Waals surface area contributed by atoms with Crippen LogP contribution in [0.4, 0.5) is 11.4 Å². The number of fused-ring (bicyclic) bond motifs is 3. The number of carbonyl (C=O) groups is 2. The molecule has 3 aromatic rings. The van der Waals surface area contributed by atoms with Crippen LogP contribution in [0, 0.1) is 11.3 Å². The highest BCUT2D eigenvalue weighted by Gasteiger charge is 2.38. The lowest BCUT2D eigenvalue weighted by Crippen LogP contribution is -2.40. The van der Waals surface area contributed by atoms with Gasteiger partial charge in [-0.1, -0.05) is 42.0 Å². The van der Waals surface area contributed by atoms with Gasteiger partial charge in [0.05, 0.1) is 17.3 Å². The van der Waals surface area contributed by atoms with E-state index in [9.17, 15) is 14.9 Å². The summed E-state index contributed by atoms with van der Waals surface area (Å²) >= 11 is 0. The number of rotatable bonds is 3. The second kappa shape index (κ2) is 8.00. The third-order valence-electron chi connectivity index (χ3n) is 7.27. The Bertz CT molecular complexity index is 1390. The van der Waals surface area contributed by atoms with E-state index in [0.29, 0.717) is 23.3 Å². The zero-order valence-electron chi connectivity index (χ0n) is 18.6. The highest BCUT2D eigenvalue weighted by atomic mass is 16.2. The lowest BCUT2D eigenvalue weighted by atomic mass is 9.92. The Hall–Kier alpha value is -4.17. The van der Waals surface area contributed by atoms with E-state index < -0.39 is 0 Å². The smallest absolute Gasteiger partial charge is 0.258 e. The molecule has 0 saturated carbocycles. The van der Waals surface area contributed by atoms with Crippen molar-refractivity contribution >= 4 is 40.0 Å². The zero-order chi connectivity index (χ0) is 23.2. The van der Waals surface area contributed by atoms with Crippen molar-refractivity contribution in [1.29, 1.82) is 5.26 Å². The number of piperidine rings is 1. The van der Waals surface area contributed by atoms with Gasteiger partial charge < -0.3 is 4.90 Å².